The topological polar surface area (TPSA) is 185 Å². The minimum atomic E-state index is -1.35. The molecule has 0 aromatic carbocycles. The molecule has 0 aromatic rings. The van der Waals surface area contributed by atoms with E-state index in [4.69, 9.17) is 11.5 Å². The quantitative estimate of drug-likeness (QED) is 0.258. The number of aliphatic carboxylic acids is 1. The molecule has 1 aliphatic heterocycles. The zero-order valence-electron chi connectivity index (χ0n) is 19.3. The molecular formula is C21H37N5O6. The molecule has 1 fully saturated rings. The predicted octanol–water partition coefficient (Wildman–Crippen LogP) is -0.673. The smallest absolute Gasteiger partial charge is 0.326 e. The number of nitrogens with one attached hydrogen (secondary N) is 2. The maximum absolute atomic E-state index is 12.9. The number of hydrogen-bond donors (Lipinski definition) is 5. The molecule has 0 aromatic heterocycles. The first-order valence-corrected chi connectivity index (χ1v) is 11.1. The van der Waals surface area contributed by atoms with Gasteiger partial charge in [0.25, 0.3) is 0 Å². The molecule has 1 rings (SSSR count). The van der Waals surface area contributed by atoms with E-state index in [1.54, 1.807) is 13.8 Å². The van der Waals surface area contributed by atoms with Crippen molar-refractivity contribution in [2.24, 2.45) is 23.3 Å². The summed E-state index contributed by atoms with van der Waals surface area (Å²) in [5.74, 6) is -4.25. The van der Waals surface area contributed by atoms with Crippen molar-refractivity contribution in [1.29, 1.82) is 0 Å². The molecular weight excluding hydrogens is 418 g/mol. The Kier molecular flexibility index (Phi) is 10.6. The Hall–Kier alpha value is -2.69. The summed E-state index contributed by atoms with van der Waals surface area (Å²) in [6.07, 6.45) is 1.69. The Morgan fingerprint density at radius 2 is 1.66 bits per heavy atom. The average Bonchev–Trinajstić information content (AvgIpc) is 3.24. The number of likely N-dealkylation sites (tertiary alicyclic amines) is 1. The highest BCUT2D eigenvalue weighted by Gasteiger charge is 2.39. The fraction of sp³-hybridized carbons (Fsp3) is 0.762. The van der Waals surface area contributed by atoms with Crippen LogP contribution < -0.4 is 22.1 Å². The van der Waals surface area contributed by atoms with E-state index in [9.17, 15) is 29.1 Å². The van der Waals surface area contributed by atoms with E-state index in [1.807, 2.05) is 13.8 Å². The SMILES string of the molecule is CCC(C)C(N)C(=O)N1CCCC1C(=O)NC(CC(N)=O)C(=O)NC(C(=O)O)C(C)CC. The number of carbonyl (C=O) groups excluding carboxylic acids is 4. The summed E-state index contributed by atoms with van der Waals surface area (Å²) in [5, 5.41) is 14.3. The van der Waals surface area contributed by atoms with Crippen molar-refractivity contribution < 1.29 is 29.1 Å². The van der Waals surface area contributed by atoms with Crippen LogP contribution in [0.25, 0.3) is 0 Å². The minimum Gasteiger partial charge on any atom is -0.480 e. The second kappa shape index (κ2) is 12.4. The van der Waals surface area contributed by atoms with Gasteiger partial charge in [0.2, 0.25) is 23.6 Å². The van der Waals surface area contributed by atoms with Crippen LogP contribution in [0.1, 0.15) is 59.8 Å². The van der Waals surface area contributed by atoms with Crippen molar-refractivity contribution in [3.8, 4) is 0 Å². The van der Waals surface area contributed by atoms with Crippen LogP contribution in [0.3, 0.4) is 0 Å². The molecule has 0 aliphatic carbocycles. The van der Waals surface area contributed by atoms with Crippen LogP contribution in [0.2, 0.25) is 0 Å². The monoisotopic (exact) mass is 455 g/mol. The Bertz CT molecular complexity index is 715. The van der Waals surface area contributed by atoms with Crippen LogP contribution in [0.5, 0.6) is 0 Å². The third-order valence-corrected chi connectivity index (χ3v) is 6.20. The van der Waals surface area contributed by atoms with Crippen LogP contribution in [0.4, 0.5) is 0 Å². The lowest BCUT2D eigenvalue weighted by atomic mass is 9.98. The standard InChI is InChI=1S/C21H37N5O6/c1-5-11(3)16(23)20(30)26-9-7-8-14(26)19(29)24-13(10-15(22)27)18(28)25-17(21(31)32)12(4)6-2/h11-14,16-17H,5-10,23H2,1-4H3,(H2,22,27)(H,24,29)(H,25,28)(H,31,32). The Labute approximate surface area is 188 Å². The van der Waals surface area contributed by atoms with Crippen LogP contribution >= 0.6 is 0 Å². The number of rotatable bonds is 12. The number of hydrogen-bond acceptors (Lipinski definition) is 6. The molecule has 6 atom stereocenters. The van der Waals surface area contributed by atoms with Crippen LogP contribution in [0, 0.1) is 11.8 Å². The van der Waals surface area contributed by atoms with E-state index in [-0.39, 0.29) is 17.7 Å². The van der Waals surface area contributed by atoms with E-state index in [1.165, 1.54) is 4.90 Å². The van der Waals surface area contributed by atoms with Crippen molar-refractivity contribution in [3.05, 3.63) is 0 Å². The lowest BCUT2D eigenvalue weighted by Gasteiger charge is -2.30. The Balaban J connectivity index is 2.97. The Morgan fingerprint density at radius 1 is 1.06 bits per heavy atom. The fourth-order valence-electron chi connectivity index (χ4n) is 3.61. The summed E-state index contributed by atoms with van der Waals surface area (Å²) in [4.78, 5) is 62.9. The normalized spacial score (nSPS) is 20.5. The lowest BCUT2D eigenvalue weighted by Crippen LogP contribution is -2.58. The van der Waals surface area contributed by atoms with Crippen molar-refractivity contribution >= 4 is 29.6 Å². The summed E-state index contributed by atoms with van der Waals surface area (Å²) >= 11 is 0. The third kappa shape index (κ3) is 7.18. The highest BCUT2D eigenvalue weighted by Crippen LogP contribution is 2.21. The summed E-state index contributed by atoms with van der Waals surface area (Å²) < 4.78 is 0. The number of primary amides is 1. The van der Waals surface area contributed by atoms with Gasteiger partial charge in [-0.3, -0.25) is 19.2 Å². The number of carboxylic acids is 1. The van der Waals surface area contributed by atoms with E-state index in [2.05, 4.69) is 10.6 Å². The molecule has 7 N–H and O–H groups in total. The molecule has 32 heavy (non-hydrogen) atoms. The molecule has 11 heteroatoms. The van der Waals surface area contributed by atoms with Crippen LogP contribution in [-0.4, -0.2) is 70.3 Å². The van der Waals surface area contributed by atoms with Gasteiger partial charge in [-0.2, -0.15) is 0 Å². The summed E-state index contributed by atoms with van der Waals surface area (Å²) in [5.41, 5.74) is 11.3. The Morgan fingerprint density at radius 3 is 2.16 bits per heavy atom. The molecule has 0 spiro atoms. The van der Waals surface area contributed by atoms with Gasteiger partial charge in [-0.15, -0.1) is 0 Å². The second-order valence-corrected chi connectivity index (χ2v) is 8.54. The lowest BCUT2D eigenvalue weighted by molar-refractivity contribution is -0.144. The number of nitrogens with zero attached hydrogens (tertiary/aromatic N) is 1. The van der Waals surface area contributed by atoms with Gasteiger partial charge in [-0.1, -0.05) is 40.5 Å². The summed E-state index contributed by atoms with van der Waals surface area (Å²) in [6, 6.07) is -4.11. The van der Waals surface area contributed by atoms with E-state index >= 15 is 0 Å². The summed E-state index contributed by atoms with van der Waals surface area (Å²) in [6.45, 7) is 7.59. The first-order chi connectivity index (χ1) is 14.9. The minimum absolute atomic E-state index is 0.0614. The molecule has 1 saturated heterocycles. The first kappa shape index (κ1) is 27.3. The second-order valence-electron chi connectivity index (χ2n) is 8.54. The van der Waals surface area contributed by atoms with Crippen LogP contribution in [-0.2, 0) is 24.0 Å². The number of carbonyl (C=O) groups is 5. The van der Waals surface area contributed by atoms with Gasteiger partial charge in [-0.05, 0) is 24.7 Å². The van der Waals surface area contributed by atoms with Gasteiger partial charge < -0.3 is 32.1 Å². The third-order valence-electron chi connectivity index (χ3n) is 6.20. The van der Waals surface area contributed by atoms with Gasteiger partial charge in [0.1, 0.15) is 18.1 Å². The van der Waals surface area contributed by atoms with E-state index in [0.29, 0.717) is 32.2 Å². The highest BCUT2D eigenvalue weighted by atomic mass is 16.4. The van der Waals surface area contributed by atoms with E-state index in [0.717, 1.165) is 0 Å². The van der Waals surface area contributed by atoms with Gasteiger partial charge in [0, 0.05) is 6.54 Å². The van der Waals surface area contributed by atoms with Crippen molar-refractivity contribution in [2.75, 3.05) is 6.54 Å². The average molecular weight is 456 g/mol. The van der Waals surface area contributed by atoms with Crippen molar-refractivity contribution in [3.63, 3.8) is 0 Å². The number of amides is 4. The van der Waals surface area contributed by atoms with Crippen LogP contribution in [0.15, 0.2) is 0 Å². The van der Waals surface area contributed by atoms with Crippen molar-refractivity contribution in [1.82, 2.24) is 15.5 Å². The maximum atomic E-state index is 12.9. The predicted molar refractivity (Wildman–Crippen MR) is 117 cm³/mol. The van der Waals surface area contributed by atoms with Crippen molar-refractivity contribution in [2.45, 2.75) is 84.0 Å². The molecule has 0 bridgehead atoms. The molecule has 1 heterocycles. The molecule has 4 amide bonds. The number of nitrogens with two attached hydrogens (primary N) is 2. The molecule has 182 valence electrons. The van der Waals surface area contributed by atoms with Gasteiger partial charge in [0.05, 0.1) is 12.5 Å². The zero-order valence-corrected chi connectivity index (χ0v) is 19.3. The van der Waals surface area contributed by atoms with Gasteiger partial charge in [-0.25, -0.2) is 4.79 Å². The highest BCUT2D eigenvalue weighted by molar-refractivity contribution is 5.96. The van der Waals surface area contributed by atoms with E-state index < -0.39 is 54.3 Å². The van der Waals surface area contributed by atoms with Gasteiger partial charge >= 0.3 is 5.97 Å². The van der Waals surface area contributed by atoms with Gasteiger partial charge in [0.15, 0.2) is 0 Å². The summed E-state index contributed by atoms with van der Waals surface area (Å²) in [7, 11) is 0. The maximum Gasteiger partial charge on any atom is 0.326 e. The molecule has 0 radical (unpaired) electrons. The first-order valence-electron chi connectivity index (χ1n) is 11.1. The molecule has 6 unspecified atom stereocenters. The number of carboxylic acid groups (broad SMARTS) is 1. The zero-order chi connectivity index (χ0) is 24.6. The fourth-order valence-corrected chi connectivity index (χ4v) is 3.61. The molecule has 1 aliphatic rings. The largest absolute Gasteiger partial charge is 0.480 e. The molecule has 11 nitrogen and oxygen atoms in total. The molecule has 0 saturated carbocycles.